The highest BCUT2D eigenvalue weighted by Gasteiger charge is 2.06. The lowest BCUT2D eigenvalue weighted by Crippen LogP contribution is -2.28. The lowest BCUT2D eigenvalue weighted by Gasteiger charge is -2.04. The van der Waals surface area contributed by atoms with E-state index >= 15 is 0 Å². The molecule has 0 aliphatic heterocycles. The van der Waals surface area contributed by atoms with Crippen molar-refractivity contribution >= 4 is 28.3 Å². The summed E-state index contributed by atoms with van der Waals surface area (Å²) in [5, 5.41) is 8.47. The van der Waals surface area contributed by atoms with Gasteiger partial charge in [0.1, 0.15) is 0 Å². The molecule has 1 aromatic heterocycles. The number of amides is 1. The third-order valence-corrected chi connectivity index (χ3v) is 3.47. The van der Waals surface area contributed by atoms with Crippen molar-refractivity contribution in [1.82, 2.24) is 10.3 Å². The van der Waals surface area contributed by atoms with Crippen molar-refractivity contribution in [2.45, 2.75) is 19.3 Å². The van der Waals surface area contributed by atoms with Crippen LogP contribution in [0.5, 0.6) is 0 Å². The molecule has 1 aromatic rings. The van der Waals surface area contributed by atoms with Crippen LogP contribution in [0.25, 0.3) is 0 Å². The van der Waals surface area contributed by atoms with E-state index in [0.717, 1.165) is 10.8 Å². The minimum atomic E-state index is -0.245. The molecule has 0 unspecified atom stereocenters. The summed E-state index contributed by atoms with van der Waals surface area (Å²) in [6.07, 6.45) is 1.25. The highest BCUT2D eigenvalue weighted by atomic mass is 32.1. The van der Waals surface area contributed by atoms with Crippen LogP contribution in [-0.4, -0.2) is 50.8 Å². The van der Waals surface area contributed by atoms with Crippen LogP contribution >= 0.6 is 11.3 Å². The first-order chi connectivity index (χ1) is 10.2. The number of hydrogen-bond acceptors (Lipinski definition) is 7. The van der Waals surface area contributed by atoms with Crippen molar-refractivity contribution in [2.24, 2.45) is 0 Å². The molecule has 0 bridgehead atoms. The minimum absolute atomic E-state index is 0.0259. The highest BCUT2D eigenvalue weighted by molar-refractivity contribution is 7.13. The summed E-state index contributed by atoms with van der Waals surface area (Å²) in [4.78, 5) is 26.8. The van der Waals surface area contributed by atoms with Gasteiger partial charge in [0, 0.05) is 38.4 Å². The van der Waals surface area contributed by atoms with Crippen molar-refractivity contribution in [1.29, 1.82) is 0 Å². The summed E-state index contributed by atoms with van der Waals surface area (Å²) < 4.78 is 9.42. The summed E-state index contributed by atoms with van der Waals surface area (Å²) in [5.74, 6) is -0.271. The highest BCUT2D eigenvalue weighted by Crippen LogP contribution is 2.16. The first-order valence-electron chi connectivity index (χ1n) is 6.66. The van der Waals surface area contributed by atoms with Crippen LogP contribution in [-0.2, 0) is 25.5 Å². The summed E-state index contributed by atoms with van der Waals surface area (Å²) in [5.41, 5.74) is 0.845. The van der Waals surface area contributed by atoms with Gasteiger partial charge in [0.2, 0.25) is 5.91 Å². The molecule has 2 N–H and O–H groups in total. The van der Waals surface area contributed by atoms with E-state index in [-0.39, 0.29) is 11.9 Å². The molecule has 0 aromatic carbocycles. The number of nitrogens with one attached hydrogen (secondary N) is 2. The summed E-state index contributed by atoms with van der Waals surface area (Å²) in [6.45, 7) is 1.54. The first kappa shape index (κ1) is 17.4. The van der Waals surface area contributed by atoms with Crippen molar-refractivity contribution in [3.63, 3.8) is 0 Å². The van der Waals surface area contributed by atoms with Gasteiger partial charge < -0.3 is 20.1 Å². The van der Waals surface area contributed by atoms with Crippen LogP contribution in [0.4, 0.5) is 5.13 Å². The number of carbonyl (C=O) groups excluding carboxylic acids is 2. The van der Waals surface area contributed by atoms with E-state index in [2.05, 4.69) is 20.4 Å². The Morgan fingerprint density at radius 3 is 2.81 bits per heavy atom. The van der Waals surface area contributed by atoms with Crippen LogP contribution in [0.3, 0.4) is 0 Å². The zero-order valence-electron chi connectivity index (χ0n) is 12.3. The number of nitrogens with zero attached hydrogens (tertiary/aromatic N) is 1. The Morgan fingerprint density at radius 2 is 2.10 bits per heavy atom. The van der Waals surface area contributed by atoms with Crippen molar-refractivity contribution < 1.29 is 19.1 Å². The molecule has 0 fully saturated rings. The molecule has 0 aliphatic carbocycles. The molecule has 0 atom stereocenters. The van der Waals surface area contributed by atoms with Gasteiger partial charge in [-0.15, -0.1) is 11.3 Å². The number of aryl methyl sites for hydroxylation is 1. The number of aromatic nitrogens is 1. The monoisotopic (exact) mass is 315 g/mol. The first-order valence-corrected chi connectivity index (χ1v) is 7.54. The van der Waals surface area contributed by atoms with E-state index in [1.54, 1.807) is 7.11 Å². The van der Waals surface area contributed by atoms with Gasteiger partial charge in [-0.3, -0.25) is 9.59 Å². The van der Waals surface area contributed by atoms with E-state index in [4.69, 9.17) is 4.74 Å². The second kappa shape index (κ2) is 10.1. The summed E-state index contributed by atoms with van der Waals surface area (Å²) >= 11 is 1.46. The fourth-order valence-electron chi connectivity index (χ4n) is 1.50. The summed E-state index contributed by atoms with van der Waals surface area (Å²) in [6, 6.07) is 0. The second-order valence-corrected chi connectivity index (χ2v) is 5.10. The maximum absolute atomic E-state index is 11.4. The standard InChI is InChI=1S/C13H21N3O4S/c1-19-8-7-14-11(17)5-6-15-13-16-10(9-21-13)3-4-12(18)20-2/h9H,3-8H2,1-2H3,(H,14,17)(H,15,16). The minimum Gasteiger partial charge on any atom is -0.469 e. The van der Waals surface area contributed by atoms with Crippen LogP contribution in [0.15, 0.2) is 5.38 Å². The van der Waals surface area contributed by atoms with Gasteiger partial charge in [-0.2, -0.15) is 0 Å². The zero-order valence-corrected chi connectivity index (χ0v) is 13.1. The number of ether oxygens (including phenoxy) is 2. The van der Waals surface area contributed by atoms with Gasteiger partial charge in [-0.1, -0.05) is 0 Å². The number of thiazole rings is 1. The molecule has 1 amide bonds. The lowest BCUT2D eigenvalue weighted by atomic mass is 10.2. The average molecular weight is 315 g/mol. The van der Waals surface area contributed by atoms with Crippen LogP contribution in [0.1, 0.15) is 18.5 Å². The maximum atomic E-state index is 11.4. The van der Waals surface area contributed by atoms with Crippen molar-refractivity contribution in [3.8, 4) is 0 Å². The quantitative estimate of drug-likeness (QED) is 0.491. The van der Waals surface area contributed by atoms with E-state index in [0.29, 0.717) is 39.0 Å². The third-order valence-electron chi connectivity index (χ3n) is 2.62. The normalized spacial score (nSPS) is 10.2. The van der Waals surface area contributed by atoms with Gasteiger partial charge in [-0.25, -0.2) is 4.98 Å². The maximum Gasteiger partial charge on any atom is 0.305 e. The Hall–Kier alpha value is -1.67. The molecule has 8 heteroatoms. The van der Waals surface area contributed by atoms with Crippen LogP contribution in [0.2, 0.25) is 0 Å². The zero-order chi connectivity index (χ0) is 15.5. The largest absolute Gasteiger partial charge is 0.469 e. The molecule has 21 heavy (non-hydrogen) atoms. The molecule has 1 heterocycles. The fourth-order valence-corrected chi connectivity index (χ4v) is 2.27. The smallest absolute Gasteiger partial charge is 0.305 e. The molecular formula is C13H21N3O4S. The van der Waals surface area contributed by atoms with E-state index in [1.807, 2.05) is 5.38 Å². The topological polar surface area (TPSA) is 89.5 Å². The number of carbonyl (C=O) groups is 2. The van der Waals surface area contributed by atoms with Crippen molar-refractivity contribution in [2.75, 3.05) is 39.2 Å². The third kappa shape index (κ3) is 7.62. The van der Waals surface area contributed by atoms with Gasteiger partial charge in [-0.05, 0) is 0 Å². The Morgan fingerprint density at radius 1 is 1.29 bits per heavy atom. The SMILES string of the molecule is COCCNC(=O)CCNc1nc(CCC(=O)OC)cs1. The van der Waals surface area contributed by atoms with Crippen LogP contribution < -0.4 is 10.6 Å². The average Bonchev–Trinajstić information content (AvgIpc) is 2.93. The number of hydrogen-bond donors (Lipinski definition) is 2. The molecular weight excluding hydrogens is 294 g/mol. The van der Waals surface area contributed by atoms with Gasteiger partial charge in [0.05, 0.1) is 25.8 Å². The van der Waals surface area contributed by atoms with Gasteiger partial charge >= 0.3 is 5.97 Å². The van der Waals surface area contributed by atoms with E-state index in [1.165, 1.54) is 18.4 Å². The Labute approximate surface area is 128 Å². The molecule has 0 aliphatic rings. The predicted octanol–water partition coefficient (Wildman–Crippen LogP) is 0.813. The van der Waals surface area contributed by atoms with Crippen molar-refractivity contribution in [3.05, 3.63) is 11.1 Å². The number of rotatable bonds is 10. The second-order valence-electron chi connectivity index (χ2n) is 4.24. The molecule has 0 radical (unpaired) electrons. The Bertz CT molecular complexity index is 450. The molecule has 118 valence electrons. The Balaban J connectivity index is 2.19. The predicted molar refractivity (Wildman–Crippen MR) is 80.4 cm³/mol. The number of methoxy groups -OCH3 is 2. The van der Waals surface area contributed by atoms with Gasteiger partial charge in [0.15, 0.2) is 5.13 Å². The number of anilines is 1. The molecule has 1 rings (SSSR count). The number of esters is 1. The van der Waals surface area contributed by atoms with E-state index in [9.17, 15) is 9.59 Å². The van der Waals surface area contributed by atoms with Gasteiger partial charge in [0.25, 0.3) is 0 Å². The lowest BCUT2D eigenvalue weighted by molar-refractivity contribution is -0.140. The van der Waals surface area contributed by atoms with E-state index < -0.39 is 0 Å². The molecule has 7 nitrogen and oxygen atoms in total. The van der Waals surface area contributed by atoms with Crippen LogP contribution in [0, 0.1) is 0 Å². The molecule has 0 saturated heterocycles. The molecule has 0 saturated carbocycles. The molecule has 0 spiro atoms. The Kier molecular flexibility index (Phi) is 8.37. The fraction of sp³-hybridized carbons (Fsp3) is 0.615. The summed E-state index contributed by atoms with van der Waals surface area (Å²) in [7, 11) is 2.96.